The van der Waals surface area contributed by atoms with Crippen molar-refractivity contribution in [2.45, 2.75) is 17.2 Å². The number of sulfonamides is 1. The summed E-state index contributed by atoms with van der Waals surface area (Å²) in [6.07, 6.45) is -8.64. The summed E-state index contributed by atoms with van der Waals surface area (Å²) in [6.45, 7) is -0.249. The maximum Gasteiger partial charge on any atom is 0.427 e. The van der Waals surface area contributed by atoms with E-state index in [1.807, 2.05) is 0 Å². The molecule has 2 heterocycles. The molecule has 0 N–H and O–H groups in total. The molecule has 1 aliphatic heterocycles. The number of halogens is 6. The first kappa shape index (κ1) is 22.4. The Bertz CT molecular complexity index is 1270. The van der Waals surface area contributed by atoms with E-state index in [0.29, 0.717) is 23.6 Å². The number of alkyl halides is 6. The predicted molar refractivity (Wildman–Crippen MR) is 104 cm³/mol. The van der Waals surface area contributed by atoms with Crippen molar-refractivity contribution in [3.63, 3.8) is 0 Å². The minimum absolute atomic E-state index is 0.00196. The number of aromatic nitrogens is 1. The Morgan fingerprint density at radius 3 is 2.41 bits per heavy atom. The highest BCUT2D eigenvalue weighted by Crippen LogP contribution is 2.42. The number of ether oxygens (including phenoxy) is 1. The van der Waals surface area contributed by atoms with Crippen molar-refractivity contribution < 1.29 is 39.5 Å². The van der Waals surface area contributed by atoms with Gasteiger partial charge in [-0.2, -0.15) is 26.3 Å². The van der Waals surface area contributed by atoms with Crippen molar-refractivity contribution in [1.29, 1.82) is 0 Å². The van der Waals surface area contributed by atoms with Gasteiger partial charge in [0.05, 0.1) is 28.9 Å². The van der Waals surface area contributed by atoms with Gasteiger partial charge >= 0.3 is 12.4 Å². The van der Waals surface area contributed by atoms with Gasteiger partial charge in [-0.25, -0.2) is 13.4 Å². The first-order valence-electron chi connectivity index (χ1n) is 8.87. The smallest absolute Gasteiger partial charge is 0.427 e. The van der Waals surface area contributed by atoms with Crippen LogP contribution >= 0.6 is 11.3 Å². The Morgan fingerprint density at radius 1 is 1.00 bits per heavy atom. The summed E-state index contributed by atoms with van der Waals surface area (Å²) < 4.78 is 110. The van der Waals surface area contributed by atoms with Crippen LogP contribution in [0.15, 0.2) is 53.6 Å². The van der Waals surface area contributed by atoms with E-state index in [4.69, 9.17) is 4.74 Å². The molecule has 1 aromatic heterocycles. The zero-order chi connectivity index (χ0) is 23.3. The van der Waals surface area contributed by atoms with E-state index in [1.165, 1.54) is 18.2 Å². The molecule has 3 aromatic rings. The lowest BCUT2D eigenvalue weighted by molar-refractivity contribution is -0.137. The lowest BCUT2D eigenvalue weighted by Gasteiger charge is -2.31. The number of anilines is 1. The molecule has 0 saturated carbocycles. The minimum Gasteiger partial charge on any atom is -0.489 e. The monoisotopic (exact) mass is 494 g/mol. The summed E-state index contributed by atoms with van der Waals surface area (Å²) in [7, 11) is -4.42. The van der Waals surface area contributed by atoms with Gasteiger partial charge in [-0.3, -0.25) is 4.31 Å². The van der Waals surface area contributed by atoms with Gasteiger partial charge in [-0.05, 0) is 36.4 Å². The Labute approximate surface area is 181 Å². The molecule has 2 aromatic carbocycles. The molecule has 0 aliphatic carbocycles. The molecule has 0 saturated heterocycles. The maximum atomic E-state index is 13.2. The van der Waals surface area contributed by atoms with E-state index in [1.54, 1.807) is 0 Å². The van der Waals surface area contributed by atoms with Crippen LogP contribution in [0.3, 0.4) is 0 Å². The molecule has 4 rings (SSSR count). The van der Waals surface area contributed by atoms with Gasteiger partial charge in [0.1, 0.15) is 22.2 Å². The third-order valence-electron chi connectivity index (χ3n) is 4.56. The fourth-order valence-electron chi connectivity index (χ4n) is 3.07. The number of nitrogens with zero attached hydrogens (tertiary/aromatic N) is 2. The molecular formula is C19H12F6N2O3S2. The number of fused-ring (bicyclic) bond motifs is 1. The molecule has 1 aliphatic rings. The van der Waals surface area contributed by atoms with Crippen LogP contribution in [0.5, 0.6) is 5.75 Å². The van der Waals surface area contributed by atoms with Gasteiger partial charge in [-0.1, -0.05) is 6.07 Å². The first-order valence-corrected chi connectivity index (χ1v) is 11.1. The second-order valence-electron chi connectivity index (χ2n) is 6.66. The quantitative estimate of drug-likeness (QED) is 0.456. The second kappa shape index (κ2) is 7.66. The Morgan fingerprint density at radius 2 is 1.75 bits per heavy atom. The van der Waals surface area contributed by atoms with Crippen LogP contribution < -0.4 is 9.04 Å². The molecule has 0 spiro atoms. The molecule has 170 valence electrons. The molecule has 0 fully saturated rings. The molecule has 0 radical (unpaired) electrons. The Kier molecular flexibility index (Phi) is 5.36. The van der Waals surface area contributed by atoms with Crippen LogP contribution in [0.2, 0.25) is 0 Å². The standard InChI is InChI=1S/C19H12F6N2O3S2/c20-18(21,22)12-2-1-3-13(9-12)32(28,29)27-6-7-30-15-5-4-11(8-14(15)27)17-26-10-16(31-17)19(23,24)25/h1-5,8-10H,6-7H2. The molecule has 0 bridgehead atoms. The molecule has 13 heteroatoms. The molecule has 0 amide bonds. The molecule has 32 heavy (non-hydrogen) atoms. The molecule has 5 nitrogen and oxygen atoms in total. The highest BCUT2D eigenvalue weighted by atomic mass is 32.2. The molecule has 0 unspecified atom stereocenters. The average molecular weight is 494 g/mol. The largest absolute Gasteiger partial charge is 0.489 e. The number of hydrogen-bond acceptors (Lipinski definition) is 5. The third kappa shape index (κ3) is 4.13. The van der Waals surface area contributed by atoms with Crippen molar-refractivity contribution in [2.75, 3.05) is 17.5 Å². The third-order valence-corrected chi connectivity index (χ3v) is 7.46. The van der Waals surface area contributed by atoms with Gasteiger partial charge in [0.25, 0.3) is 10.0 Å². The van der Waals surface area contributed by atoms with Gasteiger partial charge in [0, 0.05) is 5.56 Å². The van der Waals surface area contributed by atoms with Gasteiger partial charge in [-0.15, -0.1) is 11.3 Å². The lowest BCUT2D eigenvalue weighted by atomic mass is 10.2. The number of hydrogen-bond donors (Lipinski definition) is 0. The van der Waals surface area contributed by atoms with E-state index < -0.39 is 37.7 Å². The Balaban J connectivity index is 1.76. The van der Waals surface area contributed by atoms with Crippen LogP contribution in [0, 0.1) is 0 Å². The normalized spacial score (nSPS) is 14.8. The van der Waals surface area contributed by atoms with E-state index in [9.17, 15) is 34.8 Å². The van der Waals surface area contributed by atoms with Crippen LogP contribution in [-0.4, -0.2) is 26.6 Å². The summed E-state index contributed by atoms with van der Waals surface area (Å²) in [5.74, 6) is 0.128. The van der Waals surface area contributed by atoms with Crippen molar-refractivity contribution in [2.24, 2.45) is 0 Å². The Hall–Kier alpha value is -2.80. The lowest BCUT2D eigenvalue weighted by Crippen LogP contribution is -2.38. The van der Waals surface area contributed by atoms with Crippen LogP contribution in [0.1, 0.15) is 10.4 Å². The summed E-state index contributed by atoms with van der Waals surface area (Å²) in [4.78, 5) is 2.26. The van der Waals surface area contributed by atoms with Gasteiger partial charge in [0.15, 0.2) is 0 Å². The maximum absolute atomic E-state index is 13.2. The van der Waals surface area contributed by atoms with Crippen molar-refractivity contribution in [1.82, 2.24) is 4.98 Å². The highest BCUT2D eigenvalue weighted by Gasteiger charge is 2.36. The predicted octanol–water partition coefficient (Wildman–Crippen LogP) is 5.44. The van der Waals surface area contributed by atoms with E-state index in [-0.39, 0.29) is 35.2 Å². The highest BCUT2D eigenvalue weighted by molar-refractivity contribution is 7.92. The van der Waals surface area contributed by atoms with Crippen LogP contribution in [0.25, 0.3) is 10.6 Å². The van der Waals surface area contributed by atoms with Gasteiger partial charge in [0.2, 0.25) is 0 Å². The number of benzene rings is 2. The average Bonchev–Trinajstić information content (AvgIpc) is 3.23. The topological polar surface area (TPSA) is 59.5 Å². The van der Waals surface area contributed by atoms with Gasteiger partial charge < -0.3 is 4.74 Å². The summed E-state index contributed by atoms with van der Waals surface area (Å²) >= 11 is 0.383. The number of thiazole rings is 1. The zero-order valence-electron chi connectivity index (χ0n) is 15.7. The van der Waals surface area contributed by atoms with E-state index in [0.717, 1.165) is 22.5 Å². The second-order valence-corrected chi connectivity index (χ2v) is 9.55. The summed E-state index contributed by atoms with van der Waals surface area (Å²) in [5.41, 5.74) is -0.919. The first-order chi connectivity index (χ1) is 14.9. The van der Waals surface area contributed by atoms with E-state index >= 15 is 0 Å². The summed E-state index contributed by atoms with van der Waals surface area (Å²) in [5, 5.41) is 0.00196. The van der Waals surface area contributed by atoms with Crippen molar-refractivity contribution in [3.8, 4) is 16.3 Å². The van der Waals surface area contributed by atoms with Crippen molar-refractivity contribution >= 4 is 27.0 Å². The molecular weight excluding hydrogens is 482 g/mol. The van der Waals surface area contributed by atoms with Crippen molar-refractivity contribution in [3.05, 3.63) is 59.1 Å². The zero-order valence-corrected chi connectivity index (χ0v) is 17.4. The van der Waals surface area contributed by atoms with Crippen LogP contribution in [-0.2, 0) is 22.4 Å². The fourth-order valence-corrected chi connectivity index (χ4v) is 5.35. The SMILES string of the molecule is O=S(=O)(c1cccc(C(F)(F)F)c1)N1CCOc2ccc(-c3ncc(C(F)(F)F)s3)cc21. The van der Waals surface area contributed by atoms with Crippen LogP contribution in [0.4, 0.5) is 32.0 Å². The minimum atomic E-state index is -4.73. The van der Waals surface area contributed by atoms with E-state index in [2.05, 4.69) is 4.98 Å². The summed E-state index contributed by atoms with van der Waals surface area (Å²) in [6, 6.07) is 7.42. The molecule has 0 atom stereocenters. The fraction of sp³-hybridized carbons (Fsp3) is 0.211. The number of rotatable bonds is 3.